The van der Waals surface area contributed by atoms with Crippen LogP contribution in [-0.2, 0) is 4.79 Å². The lowest BCUT2D eigenvalue weighted by molar-refractivity contribution is -0.111. The molecule has 2 rings (SSSR count). The molecule has 0 saturated heterocycles. The summed E-state index contributed by atoms with van der Waals surface area (Å²) >= 11 is 1.65. The topological polar surface area (TPSA) is 32.7 Å². The molecule has 0 radical (unpaired) electrons. The Balaban J connectivity index is 2.10. The van der Waals surface area contributed by atoms with Crippen LogP contribution in [0.3, 0.4) is 0 Å². The van der Waals surface area contributed by atoms with Crippen molar-refractivity contribution >= 4 is 29.4 Å². The van der Waals surface area contributed by atoms with Gasteiger partial charge in [0.05, 0.1) is 0 Å². The Morgan fingerprint density at radius 1 is 1.33 bits per heavy atom. The van der Waals surface area contributed by atoms with Gasteiger partial charge in [-0.25, -0.2) is 0 Å². The third-order valence-electron chi connectivity index (χ3n) is 2.68. The zero-order chi connectivity index (χ0) is 13.0. The van der Waals surface area contributed by atoms with Gasteiger partial charge in [-0.2, -0.15) is 5.10 Å². The predicted molar refractivity (Wildman–Crippen MR) is 76.8 cm³/mol. The quantitative estimate of drug-likeness (QED) is 0.475. The molecule has 1 heterocycles. The third kappa shape index (κ3) is 3.17. The van der Waals surface area contributed by atoms with Crippen LogP contribution in [0, 0.1) is 0 Å². The van der Waals surface area contributed by atoms with Gasteiger partial charge in [-0.3, -0.25) is 4.79 Å². The summed E-state index contributed by atoms with van der Waals surface area (Å²) in [5.74, 6) is 0.161. The van der Waals surface area contributed by atoms with E-state index in [1.54, 1.807) is 22.6 Å². The van der Waals surface area contributed by atoms with E-state index in [0.29, 0.717) is 0 Å². The van der Waals surface area contributed by atoms with E-state index in [1.165, 1.54) is 0 Å². The first kappa shape index (κ1) is 12.8. The molecule has 1 fully saturated rings. The maximum atomic E-state index is 12.1. The van der Waals surface area contributed by atoms with Gasteiger partial charge in [-0.05, 0) is 36.4 Å². The Bertz CT molecular complexity index is 510. The summed E-state index contributed by atoms with van der Waals surface area (Å²) in [6.45, 7) is 0. The van der Waals surface area contributed by atoms with Crippen molar-refractivity contribution in [3.8, 4) is 0 Å². The number of ketones is 1. The van der Waals surface area contributed by atoms with Gasteiger partial charge >= 0.3 is 0 Å². The van der Waals surface area contributed by atoms with Crippen LogP contribution < -0.4 is 0 Å². The highest BCUT2D eigenvalue weighted by Gasteiger charge is 2.22. The lowest BCUT2D eigenvalue weighted by Crippen LogP contribution is -2.01. The molecule has 0 bridgehead atoms. The maximum Gasteiger partial charge on any atom is 0.185 e. The number of hydrogen-bond donors (Lipinski definition) is 0. The van der Waals surface area contributed by atoms with Crippen molar-refractivity contribution in [2.45, 2.75) is 12.8 Å². The average molecular weight is 260 g/mol. The van der Waals surface area contributed by atoms with Crippen molar-refractivity contribution < 1.29 is 4.79 Å². The Hall–Kier alpha value is -1.68. The standard InChI is InChI=1S/C14H16N2OS/c1-16(2)15-8-7-11-5-6-12(14(11)17)10-13-4-3-9-18-13/h3-4,7-10H,5-6H2,1-2H3/b11-7+,12-10+,15-8-. The summed E-state index contributed by atoms with van der Waals surface area (Å²) < 4.78 is 0. The molecule has 1 aromatic heterocycles. The fourth-order valence-corrected chi connectivity index (χ4v) is 2.48. The molecule has 4 heteroatoms. The fraction of sp³-hybridized carbons (Fsp3) is 0.286. The van der Waals surface area contributed by atoms with Crippen LogP contribution in [0.25, 0.3) is 6.08 Å². The van der Waals surface area contributed by atoms with E-state index in [4.69, 9.17) is 0 Å². The van der Waals surface area contributed by atoms with E-state index in [1.807, 2.05) is 43.8 Å². The number of allylic oxidation sites excluding steroid dienone is 3. The van der Waals surface area contributed by atoms with Crippen LogP contribution in [0.15, 0.2) is 39.8 Å². The molecular weight excluding hydrogens is 244 g/mol. The molecule has 1 aliphatic rings. The van der Waals surface area contributed by atoms with Gasteiger partial charge in [0, 0.05) is 36.3 Å². The van der Waals surface area contributed by atoms with E-state index < -0.39 is 0 Å². The van der Waals surface area contributed by atoms with E-state index in [-0.39, 0.29) is 5.78 Å². The first-order valence-corrected chi connectivity index (χ1v) is 6.74. The molecule has 18 heavy (non-hydrogen) atoms. The maximum absolute atomic E-state index is 12.1. The zero-order valence-electron chi connectivity index (χ0n) is 10.6. The molecule has 0 aromatic carbocycles. The molecular formula is C14H16N2OS. The van der Waals surface area contributed by atoms with E-state index in [2.05, 4.69) is 5.10 Å². The number of thiophene rings is 1. The molecule has 1 aliphatic carbocycles. The molecule has 1 aromatic rings. The number of nitrogens with zero attached hydrogens (tertiary/aromatic N) is 2. The highest BCUT2D eigenvalue weighted by Crippen LogP contribution is 2.28. The van der Waals surface area contributed by atoms with Crippen molar-refractivity contribution in [1.82, 2.24) is 5.01 Å². The van der Waals surface area contributed by atoms with E-state index in [0.717, 1.165) is 28.9 Å². The monoisotopic (exact) mass is 260 g/mol. The minimum atomic E-state index is 0.161. The summed E-state index contributed by atoms with van der Waals surface area (Å²) in [7, 11) is 3.71. The molecule has 0 atom stereocenters. The van der Waals surface area contributed by atoms with Crippen LogP contribution in [0.5, 0.6) is 0 Å². The van der Waals surface area contributed by atoms with Gasteiger partial charge in [0.2, 0.25) is 0 Å². The number of hydrogen-bond acceptors (Lipinski definition) is 4. The number of carbonyl (C=O) groups excluding carboxylic acids is 1. The molecule has 0 amide bonds. The van der Waals surface area contributed by atoms with Crippen molar-refractivity contribution in [1.29, 1.82) is 0 Å². The molecule has 0 aliphatic heterocycles. The number of rotatable bonds is 3. The lowest BCUT2D eigenvalue weighted by atomic mass is 10.1. The largest absolute Gasteiger partial charge is 0.303 e. The summed E-state index contributed by atoms with van der Waals surface area (Å²) in [5.41, 5.74) is 1.75. The molecule has 94 valence electrons. The van der Waals surface area contributed by atoms with Gasteiger partial charge in [0.1, 0.15) is 0 Å². The van der Waals surface area contributed by atoms with Crippen LogP contribution in [0.4, 0.5) is 0 Å². The van der Waals surface area contributed by atoms with Gasteiger partial charge in [-0.15, -0.1) is 11.3 Å². The van der Waals surface area contributed by atoms with E-state index in [9.17, 15) is 4.79 Å². The Labute approximate surface area is 111 Å². The van der Waals surface area contributed by atoms with Crippen LogP contribution in [0.2, 0.25) is 0 Å². The number of carbonyl (C=O) groups is 1. The zero-order valence-corrected chi connectivity index (χ0v) is 11.4. The summed E-state index contributed by atoms with van der Waals surface area (Å²) in [4.78, 5) is 13.2. The minimum Gasteiger partial charge on any atom is -0.303 e. The van der Waals surface area contributed by atoms with Crippen molar-refractivity contribution in [2.75, 3.05) is 14.1 Å². The minimum absolute atomic E-state index is 0.161. The van der Waals surface area contributed by atoms with Gasteiger partial charge in [0.15, 0.2) is 5.78 Å². The molecule has 0 spiro atoms. The van der Waals surface area contributed by atoms with Crippen LogP contribution in [-0.4, -0.2) is 31.1 Å². The second-order valence-corrected chi connectivity index (χ2v) is 5.30. The van der Waals surface area contributed by atoms with Gasteiger partial charge in [-0.1, -0.05) is 6.07 Å². The Morgan fingerprint density at radius 3 is 2.78 bits per heavy atom. The Kier molecular flexibility index (Phi) is 4.10. The lowest BCUT2D eigenvalue weighted by Gasteiger charge is -2.00. The number of hydrazone groups is 1. The number of Topliss-reactive ketones (excluding diaryl/α,β-unsaturated/α-hetero) is 1. The summed E-state index contributed by atoms with van der Waals surface area (Å²) in [6.07, 6.45) is 7.14. The predicted octanol–water partition coefficient (Wildman–Crippen LogP) is 2.97. The average Bonchev–Trinajstić information content (AvgIpc) is 2.93. The first-order valence-electron chi connectivity index (χ1n) is 5.86. The first-order chi connectivity index (χ1) is 8.66. The van der Waals surface area contributed by atoms with Crippen molar-refractivity contribution in [3.63, 3.8) is 0 Å². The Morgan fingerprint density at radius 2 is 2.11 bits per heavy atom. The van der Waals surface area contributed by atoms with Gasteiger partial charge < -0.3 is 5.01 Å². The van der Waals surface area contributed by atoms with Crippen LogP contribution in [0.1, 0.15) is 17.7 Å². The molecule has 3 nitrogen and oxygen atoms in total. The van der Waals surface area contributed by atoms with Crippen molar-refractivity contribution in [3.05, 3.63) is 39.6 Å². The highest BCUT2D eigenvalue weighted by molar-refractivity contribution is 7.10. The molecule has 1 saturated carbocycles. The summed E-state index contributed by atoms with van der Waals surface area (Å²) in [6, 6.07) is 4.02. The van der Waals surface area contributed by atoms with Gasteiger partial charge in [0.25, 0.3) is 0 Å². The molecule has 0 unspecified atom stereocenters. The molecule has 0 N–H and O–H groups in total. The van der Waals surface area contributed by atoms with Crippen LogP contribution >= 0.6 is 11.3 Å². The SMILES string of the molecule is CN(C)/N=C\C=C1/CC/C(=C\c2cccs2)C1=O. The second-order valence-electron chi connectivity index (χ2n) is 4.32. The normalized spacial score (nSPS) is 20.4. The van der Waals surface area contributed by atoms with E-state index >= 15 is 0 Å². The smallest absolute Gasteiger partial charge is 0.185 e. The second kappa shape index (κ2) is 5.78. The fourth-order valence-electron chi connectivity index (χ4n) is 1.80. The van der Waals surface area contributed by atoms with Crippen molar-refractivity contribution in [2.24, 2.45) is 5.10 Å². The highest BCUT2D eigenvalue weighted by atomic mass is 32.1. The summed E-state index contributed by atoms with van der Waals surface area (Å²) in [5, 5.41) is 7.81. The third-order valence-corrected chi connectivity index (χ3v) is 3.50.